The molecule has 0 heterocycles. The summed E-state index contributed by atoms with van der Waals surface area (Å²) in [6, 6.07) is 0. The van der Waals surface area contributed by atoms with Crippen molar-refractivity contribution in [1.82, 2.24) is 9.80 Å². The van der Waals surface area contributed by atoms with Crippen LogP contribution in [0.5, 0.6) is 0 Å². The van der Waals surface area contributed by atoms with Crippen molar-refractivity contribution in [2.45, 2.75) is 92.9 Å². The molecule has 6 nitrogen and oxygen atoms in total. The number of aliphatic carboxylic acids is 2. The minimum atomic E-state index is -1.08. The van der Waals surface area contributed by atoms with E-state index in [1.54, 1.807) is 0 Å². The second-order valence-corrected chi connectivity index (χ2v) is 6.97. The monoisotopic (exact) mass is 404 g/mol. The van der Waals surface area contributed by atoms with Crippen LogP contribution in [0.2, 0.25) is 0 Å². The van der Waals surface area contributed by atoms with Gasteiger partial charge in [0, 0.05) is 0 Å². The first-order valence-corrected chi connectivity index (χ1v) is 11.2. The molecule has 0 bridgehead atoms. The third-order valence-corrected chi connectivity index (χ3v) is 3.79. The summed E-state index contributed by atoms with van der Waals surface area (Å²) in [5.74, 6) is -2.15. The molecule has 170 valence electrons. The highest BCUT2D eigenvalue weighted by Gasteiger charge is 2.00. The van der Waals surface area contributed by atoms with E-state index in [1.165, 1.54) is 77.8 Å². The average molecular weight is 405 g/mol. The van der Waals surface area contributed by atoms with E-state index in [0.717, 1.165) is 0 Å². The molecular formula is C22H48N2O4. The number of hydrogen-bond acceptors (Lipinski definition) is 4. The van der Waals surface area contributed by atoms with Crippen LogP contribution < -0.4 is 0 Å². The highest BCUT2D eigenvalue weighted by Crippen LogP contribution is 1.95. The zero-order valence-corrected chi connectivity index (χ0v) is 19.5. The van der Waals surface area contributed by atoms with Crippen LogP contribution in [0, 0.1) is 0 Å². The second-order valence-electron chi connectivity index (χ2n) is 6.97. The maximum Gasteiger partial charge on any atom is 0.303 e. The lowest BCUT2D eigenvalue weighted by Gasteiger charge is -2.19. The Morgan fingerprint density at radius 2 is 0.679 bits per heavy atom. The quantitative estimate of drug-likeness (QED) is 0.401. The lowest BCUT2D eigenvalue weighted by Crippen LogP contribution is -2.26. The normalized spacial score (nSPS) is 10.1. The molecule has 2 N–H and O–H groups in total. The standard InChI is InChI=1S/2C9H21N.C4H6O4/c2*1-4-7-10(8-5-2)9-6-3;5-3(6)1-2-4(7)8/h2*4-9H2,1-3H3;1-2H2,(H,5,6)(H,7,8). The molecular weight excluding hydrogens is 356 g/mol. The summed E-state index contributed by atoms with van der Waals surface area (Å²) in [4.78, 5) is 24.4. The summed E-state index contributed by atoms with van der Waals surface area (Å²) in [6.07, 6.45) is 7.16. The number of nitrogens with zero attached hydrogens (tertiary/aromatic N) is 2. The molecule has 0 radical (unpaired) electrons. The Morgan fingerprint density at radius 1 is 0.500 bits per heavy atom. The van der Waals surface area contributed by atoms with Crippen LogP contribution >= 0.6 is 0 Å². The van der Waals surface area contributed by atoms with Crippen LogP contribution in [0.3, 0.4) is 0 Å². The van der Waals surface area contributed by atoms with Gasteiger partial charge >= 0.3 is 11.9 Å². The lowest BCUT2D eigenvalue weighted by atomic mass is 10.3. The van der Waals surface area contributed by atoms with E-state index in [0.29, 0.717) is 0 Å². The van der Waals surface area contributed by atoms with Gasteiger partial charge in [-0.25, -0.2) is 0 Å². The Bertz CT molecular complexity index is 278. The molecule has 28 heavy (non-hydrogen) atoms. The van der Waals surface area contributed by atoms with Gasteiger partial charge in [0.25, 0.3) is 0 Å². The zero-order valence-electron chi connectivity index (χ0n) is 19.5. The van der Waals surface area contributed by atoms with Crippen LogP contribution in [0.1, 0.15) is 92.9 Å². The van der Waals surface area contributed by atoms with E-state index in [9.17, 15) is 9.59 Å². The van der Waals surface area contributed by atoms with E-state index in [4.69, 9.17) is 10.2 Å². The molecule has 0 aliphatic carbocycles. The average Bonchev–Trinajstić information content (AvgIpc) is 2.62. The molecule has 0 rings (SSSR count). The van der Waals surface area contributed by atoms with E-state index in [-0.39, 0.29) is 12.8 Å². The van der Waals surface area contributed by atoms with Crippen molar-refractivity contribution in [1.29, 1.82) is 0 Å². The van der Waals surface area contributed by atoms with Gasteiger partial charge in [0.1, 0.15) is 0 Å². The molecule has 0 aromatic rings. The SMILES string of the molecule is CCCN(CCC)CCC.CCCN(CCC)CCC.O=C(O)CCC(=O)O. The van der Waals surface area contributed by atoms with E-state index >= 15 is 0 Å². The summed E-state index contributed by atoms with van der Waals surface area (Å²) in [7, 11) is 0. The van der Waals surface area contributed by atoms with Gasteiger partial charge in [-0.1, -0.05) is 41.5 Å². The van der Waals surface area contributed by atoms with Crippen molar-refractivity contribution in [3.05, 3.63) is 0 Å². The highest BCUT2D eigenvalue weighted by atomic mass is 16.4. The molecule has 0 spiro atoms. The third-order valence-electron chi connectivity index (χ3n) is 3.79. The maximum absolute atomic E-state index is 9.64. The van der Waals surface area contributed by atoms with Gasteiger partial charge in [0.2, 0.25) is 0 Å². The summed E-state index contributed by atoms with van der Waals surface area (Å²) in [5.41, 5.74) is 0. The molecule has 0 aliphatic heterocycles. The molecule has 0 saturated carbocycles. The van der Waals surface area contributed by atoms with Crippen molar-refractivity contribution >= 4 is 11.9 Å². The lowest BCUT2D eigenvalue weighted by molar-refractivity contribution is -0.143. The maximum atomic E-state index is 9.64. The molecule has 6 heteroatoms. The summed E-state index contributed by atoms with van der Waals surface area (Å²) >= 11 is 0. The summed E-state index contributed by atoms with van der Waals surface area (Å²) in [6.45, 7) is 21.2. The van der Waals surface area contributed by atoms with Gasteiger partial charge in [-0.2, -0.15) is 0 Å². The first-order valence-electron chi connectivity index (χ1n) is 11.2. The van der Waals surface area contributed by atoms with Crippen LogP contribution in [0.15, 0.2) is 0 Å². The van der Waals surface area contributed by atoms with Gasteiger partial charge in [0.15, 0.2) is 0 Å². The van der Waals surface area contributed by atoms with Crippen molar-refractivity contribution < 1.29 is 19.8 Å². The number of rotatable bonds is 15. The van der Waals surface area contributed by atoms with Crippen LogP contribution in [-0.4, -0.2) is 71.2 Å². The van der Waals surface area contributed by atoms with Gasteiger partial charge < -0.3 is 20.0 Å². The highest BCUT2D eigenvalue weighted by molar-refractivity contribution is 5.75. The van der Waals surface area contributed by atoms with Crippen molar-refractivity contribution in [3.8, 4) is 0 Å². The predicted molar refractivity (Wildman–Crippen MR) is 119 cm³/mol. The number of carbonyl (C=O) groups is 2. The Hall–Kier alpha value is -1.14. The topological polar surface area (TPSA) is 81.1 Å². The molecule has 0 aliphatic rings. The molecule has 0 aromatic carbocycles. The largest absolute Gasteiger partial charge is 0.481 e. The molecule has 0 amide bonds. The van der Waals surface area contributed by atoms with Crippen molar-refractivity contribution in [2.75, 3.05) is 39.3 Å². The number of hydrogen-bond donors (Lipinski definition) is 2. The van der Waals surface area contributed by atoms with Crippen molar-refractivity contribution in [3.63, 3.8) is 0 Å². The molecule has 0 atom stereocenters. The smallest absolute Gasteiger partial charge is 0.303 e. The second kappa shape index (κ2) is 25.9. The van der Waals surface area contributed by atoms with Crippen LogP contribution in [-0.2, 0) is 9.59 Å². The Balaban J connectivity index is -0.000000337. The third kappa shape index (κ3) is 29.6. The number of carboxylic acid groups (broad SMARTS) is 2. The Morgan fingerprint density at radius 3 is 0.786 bits per heavy atom. The van der Waals surface area contributed by atoms with Gasteiger partial charge in [0.05, 0.1) is 12.8 Å². The zero-order chi connectivity index (χ0) is 22.2. The molecule has 0 saturated heterocycles. The van der Waals surface area contributed by atoms with Crippen LogP contribution in [0.25, 0.3) is 0 Å². The number of carboxylic acids is 2. The first-order chi connectivity index (χ1) is 13.3. The molecule has 0 unspecified atom stereocenters. The fraction of sp³-hybridized carbons (Fsp3) is 0.909. The van der Waals surface area contributed by atoms with Crippen molar-refractivity contribution in [2.24, 2.45) is 0 Å². The minimum Gasteiger partial charge on any atom is -0.481 e. The van der Waals surface area contributed by atoms with Gasteiger partial charge in [-0.05, 0) is 77.8 Å². The van der Waals surface area contributed by atoms with E-state index in [1.807, 2.05) is 0 Å². The fourth-order valence-electron chi connectivity index (χ4n) is 2.78. The Kier molecular flexibility index (Phi) is 29.1. The van der Waals surface area contributed by atoms with Gasteiger partial charge in [-0.3, -0.25) is 9.59 Å². The first kappa shape index (κ1) is 31.6. The molecule has 0 fully saturated rings. The molecule has 0 aromatic heterocycles. The Labute approximate surface area is 174 Å². The fourth-order valence-corrected chi connectivity index (χ4v) is 2.78. The minimum absolute atomic E-state index is 0.296. The van der Waals surface area contributed by atoms with Gasteiger partial charge in [-0.15, -0.1) is 0 Å². The summed E-state index contributed by atoms with van der Waals surface area (Å²) in [5, 5.41) is 15.8. The predicted octanol–water partition coefficient (Wildman–Crippen LogP) is 4.97. The van der Waals surface area contributed by atoms with E-state index in [2.05, 4.69) is 51.3 Å². The summed E-state index contributed by atoms with van der Waals surface area (Å²) < 4.78 is 0. The van der Waals surface area contributed by atoms with E-state index < -0.39 is 11.9 Å². The van der Waals surface area contributed by atoms with Crippen LogP contribution in [0.4, 0.5) is 0 Å².